The third-order valence-electron chi connectivity index (χ3n) is 2.48. The number of H-pyrrole nitrogens is 1. The van der Waals surface area contributed by atoms with Gasteiger partial charge in [-0.15, -0.1) is 0 Å². The number of anilines is 1. The number of amides is 1. The number of nitrogens with one attached hydrogen (secondary N) is 2. The fraction of sp³-hybridized carbons (Fsp3) is 0.0833. The number of benzene rings is 1. The molecule has 7 nitrogen and oxygen atoms in total. The Morgan fingerprint density at radius 1 is 1.45 bits per heavy atom. The molecule has 0 saturated carbocycles. The largest absolute Gasteiger partial charge is 0.494 e. The normalized spacial score (nSPS) is 10.1. The number of aromatic nitrogens is 2. The molecule has 0 aliphatic carbocycles. The Hall–Kier alpha value is -2.90. The number of ether oxygens (including phenoxy) is 1. The van der Waals surface area contributed by atoms with Crippen molar-refractivity contribution in [2.45, 2.75) is 0 Å². The lowest BCUT2D eigenvalue weighted by Gasteiger charge is -2.09. The molecule has 1 aromatic heterocycles. The number of methoxy groups -OCH3 is 1. The molecule has 8 heteroatoms. The standard InChI is InChI=1S/C12H10FN3O4/c1-20-8-4-6(13)2-3-7(8)16-11(17)9-10(12(18)19)15-5-14-9/h2-5H,1H3,(H,14,15)(H,16,17)(H,18,19). The molecule has 0 bridgehead atoms. The Labute approximate surface area is 112 Å². The number of halogens is 1. The molecule has 0 aliphatic heterocycles. The van der Waals surface area contributed by atoms with Crippen LogP contribution in [0.2, 0.25) is 0 Å². The lowest BCUT2D eigenvalue weighted by molar-refractivity contribution is 0.0686. The molecule has 0 spiro atoms. The Kier molecular flexibility index (Phi) is 3.65. The number of rotatable bonds is 4. The number of imidazole rings is 1. The van der Waals surface area contributed by atoms with Gasteiger partial charge >= 0.3 is 5.97 Å². The summed E-state index contributed by atoms with van der Waals surface area (Å²) in [6, 6.07) is 3.54. The summed E-state index contributed by atoms with van der Waals surface area (Å²) in [5.41, 5.74) is -0.398. The lowest BCUT2D eigenvalue weighted by Crippen LogP contribution is -2.17. The van der Waals surface area contributed by atoms with Crippen molar-refractivity contribution in [1.82, 2.24) is 9.97 Å². The summed E-state index contributed by atoms with van der Waals surface area (Å²) in [5, 5.41) is 11.3. The zero-order valence-corrected chi connectivity index (χ0v) is 10.3. The molecule has 0 unspecified atom stereocenters. The van der Waals surface area contributed by atoms with E-state index < -0.39 is 17.7 Å². The predicted molar refractivity (Wildman–Crippen MR) is 66.5 cm³/mol. The van der Waals surface area contributed by atoms with E-state index in [2.05, 4.69) is 15.3 Å². The maximum Gasteiger partial charge on any atom is 0.354 e. The second kappa shape index (κ2) is 5.39. The summed E-state index contributed by atoms with van der Waals surface area (Å²) >= 11 is 0. The Balaban J connectivity index is 2.28. The number of carboxylic acids is 1. The summed E-state index contributed by atoms with van der Waals surface area (Å²) in [5.74, 6) is -2.45. The minimum Gasteiger partial charge on any atom is -0.494 e. The highest BCUT2D eigenvalue weighted by atomic mass is 19.1. The van der Waals surface area contributed by atoms with Crippen molar-refractivity contribution in [3.05, 3.63) is 41.7 Å². The van der Waals surface area contributed by atoms with E-state index in [1.807, 2.05) is 0 Å². The first-order valence-corrected chi connectivity index (χ1v) is 5.44. The van der Waals surface area contributed by atoms with Gasteiger partial charge in [0.2, 0.25) is 0 Å². The van der Waals surface area contributed by atoms with Crippen LogP contribution < -0.4 is 10.1 Å². The van der Waals surface area contributed by atoms with Crippen molar-refractivity contribution in [3.8, 4) is 5.75 Å². The zero-order valence-electron chi connectivity index (χ0n) is 10.3. The van der Waals surface area contributed by atoms with Crippen LogP contribution in [0.15, 0.2) is 24.5 Å². The number of carbonyl (C=O) groups excluding carboxylic acids is 1. The van der Waals surface area contributed by atoms with Gasteiger partial charge < -0.3 is 20.1 Å². The Bertz CT molecular complexity index is 668. The molecule has 1 amide bonds. The zero-order chi connectivity index (χ0) is 14.7. The van der Waals surface area contributed by atoms with Crippen molar-refractivity contribution in [3.63, 3.8) is 0 Å². The van der Waals surface area contributed by atoms with E-state index in [1.54, 1.807) is 0 Å². The molecule has 0 saturated heterocycles. The van der Waals surface area contributed by atoms with Gasteiger partial charge in [-0.2, -0.15) is 0 Å². The highest BCUT2D eigenvalue weighted by Gasteiger charge is 2.20. The van der Waals surface area contributed by atoms with E-state index in [1.165, 1.54) is 13.2 Å². The first kappa shape index (κ1) is 13.5. The van der Waals surface area contributed by atoms with Gasteiger partial charge in [0.15, 0.2) is 11.4 Å². The SMILES string of the molecule is COc1cc(F)ccc1NC(=O)c1nc[nH]c1C(=O)O. The lowest BCUT2D eigenvalue weighted by atomic mass is 10.2. The molecule has 0 radical (unpaired) electrons. The number of nitrogens with zero attached hydrogens (tertiary/aromatic N) is 1. The molecule has 2 aromatic rings. The topological polar surface area (TPSA) is 104 Å². The van der Waals surface area contributed by atoms with Gasteiger partial charge in [-0.25, -0.2) is 14.2 Å². The van der Waals surface area contributed by atoms with Crippen LogP contribution >= 0.6 is 0 Å². The number of carboxylic acid groups (broad SMARTS) is 1. The molecule has 1 heterocycles. The number of hydrogen-bond donors (Lipinski definition) is 3. The summed E-state index contributed by atoms with van der Waals surface area (Å²) in [6.45, 7) is 0. The molecule has 0 aliphatic rings. The van der Waals surface area contributed by atoms with E-state index in [-0.39, 0.29) is 22.8 Å². The van der Waals surface area contributed by atoms with Crippen LogP contribution in [0.1, 0.15) is 21.0 Å². The van der Waals surface area contributed by atoms with E-state index in [0.717, 1.165) is 18.5 Å². The maximum atomic E-state index is 13.0. The summed E-state index contributed by atoms with van der Waals surface area (Å²) in [4.78, 5) is 28.8. The fourth-order valence-electron chi connectivity index (χ4n) is 1.58. The first-order chi connectivity index (χ1) is 9.52. The van der Waals surface area contributed by atoms with Crippen LogP contribution in [0.25, 0.3) is 0 Å². The van der Waals surface area contributed by atoms with E-state index in [0.29, 0.717) is 0 Å². The fourth-order valence-corrected chi connectivity index (χ4v) is 1.58. The van der Waals surface area contributed by atoms with Gasteiger partial charge in [0, 0.05) is 6.07 Å². The van der Waals surface area contributed by atoms with Gasteiger partial charge in [-0.1, -0.05) is 0 Å². The van der Waals surface area contributed by atoms with Crippen molar-refractivity contribution in [2.75, 3.05) is 12.4 Å². The number of aromatic amines is 1. The minimum absolute atomic E-state index is 0.116. The number of hydrogen-bond acceptors (Lipinski definition) is 4. The molecule has 20 heavy (non-hydrogen) atoms. The highest BCUT2D eigenvalue weighted by Crippen LogP contribution is 2.25. The molecular weight excluding hydrogens is 269 g/mol. The molecule has 0 fully saturated rings. The summed E-state index contributed by atoms with van der Waals surface area (Å²) in [6.07, 6.45) is 1.10. The van der Waals surface area contributed by atoms with E-state index in [4.69, 9.17) is 9.84 Å². The minimum atomic E-state index is -1.31. The second-order valence-electron chi connectivity index (χ2n) is 3.73. The van der Waals surface area contributed by atoms with Crippen LogP contribution in [0, 0.1) is 5.82 Å². The van der Waals surface area contributed by atoms with Crippen molar-refractivity contribution < 1.29 is 23.8 Å². The van der Waals surface area contributed by atoms with Gasteiger partial charge in [0.25, 0.3) is 5.91 Å². The molecule has 3 N–H and O–H groups in total. The highest BCUT2D eigenvalue weighted by molar-refractivity contribution is 6.09. The Morgan fingerprint density at radius 2 is 2.20 bits per heavy atom. The maximum absolute atomic E-state index is 13.0. The van der Waals surface area contributed by atoms with Crippen LogP contribution in [0.3, 0.4) is 0 Å². The van der Waals surface area contributed by atoms with Crippen LogP contribution in [-0.2, 0) is 0 Å². The average Bonchev–Trinajstić information content (AvgIpc) is 2.90. The van der Waals surface area contributed by atoms with Crippen molar-refractivity contribution in [1.29, 1.82) is 0 Å². The van der Waals surface area contributed by atoms with Gasteiger partial charge in [0.1, 0.15) is 11.6 Å². The van der Waals surface area contributed by atoms with Gasteiger partial charge in [0.05, 0.1) is 19.1 Å². The smallest absolute Gasteiger partial charge is 0.354 e. The quantitative estimate of drug-likeness (QED) is 0.786. The van der Waals surface area contributed by atoms with Gasteiger partial charge in [-0.05, 0) is 12.1 Å². The van der Waals surface area contributed by atoms with Crippen LogP contribution in [0.5, 0.6) is 5.75 Å². The first-order valence-electron chi connectivity index (χ1n) is 5.44. The average molecular weight is 279 g/mol. The number of aromatic carboxylic acids is 1. The molecule has 2 rings (SSSR count). The van der Waals surface area contributed by atoms with Crippen molar-refractivity contribution in [2.24, 2.45) is 0 Å². The molecule has 104 valence electrons. The van der Waals surface area contributed by atoms with E-state index >= 15 is 0 Å². The molecule has 0 atom stereocenters. The third-order valence-corrected chi connectivity index (χ3v) is 2.48. The summed E-state index contributed by atoms with van der Waals surface area (Å²) < 4.78 is 17.9. The number of carbonyl (C=O) groups is 2. The Morgan fingerprint density at radius 3 is 2.85 bits per heavy atom. The van der Waals surface area contributed by atoms with Gasteiger partial charge in [-0.3, -0.25) is 4.79 Å². The molecule has 1 aromatic carbocycles. The van der Waals surface area contributed by atoms with Crippen LogP contribution in [0.4, 0.5) is 10.1 Å². The third kappa shape index (κ3) is 2.58. The summed E-state index contributed by atoms with van der Waals surface area (Å²) in [7, 11) is 1.32. The van der Waals surface area contributed by atoms with Crippen LogP contribution in [-0.4, -0.2) is 34.1 Å². The monoisotopic (exact) mass is 279 g/mol. The second-order valence-corrected chi connectivity index (χ2v) is 3.73. The van der Waals surface area contributed by atoms with E-state index in [9.17, 15) is 14.0 Å². The molecular formula is C12H10FN3O4. The van der Waals surface area contributed by atoms with Crippen molar-refractivity contribution >= 4 is 17.6 Å². The predicted octanol–water partition coefficient (Wildman–Crippen LogP) is 1.51.